The number of anilines is 2. The Balaban J connectivity index is 1.70. The van der Waals surface area contributed by atoms with Gasteiger partial charge in [0.15, 0.2) is 0 Å². The fraction of sp³-hybridized carbons (Fsp3) is 0.0690. The first kappa shape index (κ1) is 22.0. The molecule has 0 saturated heterocycles. The molecule has 0 fully saturated rings. The maximum absolute atomic E-state index is 14.0. The summed E-state index contributed by atoms with van der Waals surface area (Å²) in [6.07, 6.45) is -0.674. The number of carbonyl (C=O) groups is 1. The van der Waals surface area contributed by atoms with Crippen LogP contribution in [-0.2, 0) is 9.53 Å². The minimum absolute atomic E-state index is 0.191. The highest BCUT2D eigenvalue weighted by molar-refractivity contribution is 9.12. The second-order valence-electron chi connectivity index (χ2n) is 8.02. The van der Waals surface area contributed by atoms with Crippen molar-refractivity contribution in [2.45, 2.75) is 13.2 Å². The van der Waals surface area contributed by atoms with Crippen molar-refractivity contribution in [1.29, 1.82) is 0 Å². The Morgan fingerprint density at radius 3 is 1.76 bits per heavy atom. The number of hydrogen-bond donors (Lipinski definition) is 0. The molecule has 4 aromatic rings. The number of carbonyl (C=O) groups excluding carboxylic acids is 1. The molecule has 1 amide bonds. The second-order valence-corrected chi connectivity index (χ2v) is 8.82. The summed E-state index contributed by atoms with van der Waals surface area (Å²) in [4.78, 5) is 14.0. The van der Waals surface area contributed by atoms with Crippen molar-refractivity contribution in [3.63, 3.8) is 0 Å². The maximum Gasteiger partial charge on any atom is 0.287 e. The standard InChI is InChI=1S/C29H23BrN2O2/c1-21-17-19-22(20-18-21)27-26(30)28(33)32(29(34-27)23-11-5-2-6-12-23)31(24-13-7-3-8-14-24)25-15-9-4-10-16-25/h2-20,29H,1H3. The molecule has 5 heteroatoms. The molecule has 0 bridgehead atoms. The van der Waals surface area contributed by atoms with E-state index in [-0.39, 0.29) is 5.91 Å². The van der Waals surface area contributed by atoms with Crippen LogP contribution in [0.3, 0.4) is 0 Å². The number of hydrazine groups is 1. The normalized spacial score (nSPS) is 15.8. The van der Waals surface area contributed by atoms with E-state index in [1.807, 2.05) is 127 Å². The Kier molecular flexibility index (Phi) is 6.19. The van der Waals surface area contributed by atoms with Gasteiger partial charge in [-0.3, -0.25) is 4.79 Å². The molecular formula is C29H23BrN2O2. The Bertz CT molecular complexity index is 1270. The molecule has 4 aromatic carbocycles. The van der Waals surface area contributed by atoms with Gasteiger partial charge in [0, 0.05) is 11.1 Å². The van der Waals surface area contributed by atoms with E-state index >= 15 is 0 Å². The van der Waals surface area contributed by atoms with Gasteiger partial charge in [-0.2, -0.15) is 0 Å². The predicted molar refractivity (Wildman–Crippen MR) is 139 cm³/mol. The molecule has 5 rings (SSSR count). The molecule has 0 aromatic heterocycles. The van der Waals surface area contributed by atoms with E-state index in [4.69, 9.17) is 4.74 Å². The van der Waals surface area contributed by atoms with Crippen LogP contribution in [0.4, 0.5) is 11.4 Å². The van der Waals surface area contributed by atoms with Gasteiger partial charge in [0.1, 0.15) is 10.2 Å². The van der Waals surface area contributed by atoms with Crippen LogP contribution >= 0.6 is 15.9 Å². The van der Waals surface area contributed by atoms with Crippen molar-refractivity contribution >= 4 is 39.0 Å². The number of ether oxygens (including phenoxy) is 1. The van der Waals surface area contributed by atoms with Gasteiger partial charge in [0.05, 0.1) is 11.4 Å². The number of halogens is 1. The Morgan fingerprint density at radius 1 is 0.735 bits per heavy atom. The molecule has 0 spiro atoms. The Labute approximate surface area is 207 Å². The third-order valence-corrected chi connectivity index (χ3v) is 6.36. The lowest BCUT2D eigenvalue weighted by atomic mass is 10.1. The van der Waals surface area contributed by atoms with Crippen LogP contribution in [0.1, 0.15) is 22.9 Å². The van der Waals surface area contributed by atoms with Crippen molar-refractivity contribution in [1.82, 2.24) is 5.01 Å². The Morgan fingerprint density at radius 2 is 1.24 bits per heavy atom. The summed E-state index contributed by atoms with van der Waals surface area (Å²) in [7, 11) is 0. The fourth-order valence-electron chi connectivity index (χ4n) is 3.98. The molecule has 0 aliphatic carbocycles. The number of amides is 1. The molecule has 0 radical (unpaired) electrons. The lowest BCUT2D eigenvalue weighted by molar-refractivity contribution is -0.139. The fourth-order valence-corrected chi connectivity index (χ4v) is 4.48. The minimum atomic E-state index is -0.674. The van der Waals surface area contributed by atoms with Gasteiger partial charge in [0.25, 0.3) is 5.91 Å². The molecule has 1 aliphatic heterocycles. The summed E-state index contributed by atoms with van der Waals surface area (Å²) >= 11 is 3.57. The van der Waals surface area contributed by atoms with Crippen LogP contribution in [0.2, 0.25) is 0 Å². The van der Waals surface area contributed by atoms with E-state index in [0.29, 0.717) is 10.2 Å². The first-order valence-electron chi connectivity index (χ1n) is 11.1. The SMILES string of the molecule is Cc1ccc(C2=C(Br)C(=O)N(N(c3ccccc3)c3ccccc3)C(c3ccccc3)O2)cc1. The lowest BCUT2D eigenvalue weighted by Gasteiger charge is -2.44. The summed E-state index contributed by atoms with van der Waals surface area (Å²) in [6, 6.07) is 37.5. The first-order chi connectivity index (χ1) is 16.6. The zero-order valence-electron chi connectivity index (χ0n) is 18.6. The van der Waals surface area contributed by atoms with Gasteiger partial charge in [-0.1, -0.05) is 96.6 Å². The van der Waals surface area contributed by atoms with Crippen molar-refractivity contribution in [3.05, 3.63) is 136 Å². The number of para-hydroxylation sites is 2. The van der Waals surface area contributed by atoms with E-state index in [1.165, 1.54) is 0 Å². The van der Waals surface area contributed by atoms with E-state index in [9.17, 15) is 4.79 Å². The zero-order valence-corrected chi connectivity index (χ0v) is 20.2. The number of nitrogens with zero attached hydrogens (tertiary/aromatic N) is 2. The van der Waals surface area contributed by atoms with Crippen LogP contribution in [0.5, 0.6) is 0 Å². The second kappa shape index (κ2) is 9.57. The number of rotatable bonds is 5. The quantitative estimate of drug-likeness (QED) is 0.281. The molecule has 1 unspecified atom stereocenters. The summed E-state index contributed by atoms with van der Waals surface area (Å²) in [6.45, 7) is 2.03. The van der Waals surface area contributed by atoms with Gasteiger partial charge in [-0.15, -0.1) is 0 Å². The van der Waals surface area contributed by atoms with Crippen LogP contribution < -0.4 is 5.01 Å². The van der Waals surface area contributed by atoms with E-state index in [1.54, 1.807) is 5.01 Å². The molecule has 0 N–H and O–H groups in total. The molecule has 1 aliphatic rings. The molecule has 1 heterocycles. The molecular weight excluding hydrogens is 488 g/mol. The van der Waals surface area contributed by atoms with Crippen molar-refractivity contribution in [3.8, 4) is 0 Å². The van der Waals surface area contributed by atoms with Crippen LogP contribution in [-0.4, -0.2) is 10.9 Å². The van der Waals surface area contributed by atoms with E-state index in [2.05, 4.69) is 15.9 Å². The maximum atomic E-state index is 14.0. The van der Waals surface area contributed by atoms with Gasteiger partial charge < -0.3 is 4.74 Å². The van der Waals surface area contributed by atoms with E-state index < -0.39 is 6.23 Å². The third kappa shape index (κ3) is 4.22. The molecule has 1 atom stereocenters. The van der Waals surface area contributed by atoms with E-state index in [0.717, 1.165) is 28.1 Å². The minimum Gasteiger partial charge on any atom is -0.462 e. The summed E-state index contributed by atoms with van der Waals surface area (Å²) < 4.78 is 6.99. The molecule has 34 heavy (non-hydrogen) atoms. The van der Waals surface area contributed by atoms with Crippen LogP contribution in [0.15, 0.2) is 120 Å². The lowest BCUT2D eigenvalue weighted by Crippen LogP contribution is -2.49. The smallest absolute Gasteiger partial charge is 0.287 e. The van der Waals surface area contributed by atoms with Crippen molar-refractivity contribution < 1.29 is 9.53 Å². The number of aryl methyl sites for hydroxylation is 1. The highest BCUT2D eigenvalue weighted by Gasteiger charge is 2.41. The van der Waals surface area contributed by atoms with Gasteiger partial charge in [0.2, 0.25) is 6.23 Å². The van der Waals surface area contributed by atoms with Crippen LogP contribution in [0, 0.1) is 6.92 Å². The average molecular weight is 511 g/mol. The topological polar surface area (TPSA) is 32.8 Å². The van der Waals surface area contributed by atoms with Gasteiger partial charge in [-0.25, -0.2) is 10.0 Å². The van der Waals surface area contributed by atoms with Crippen LogP contribution in [0.25, 0.3) is 5.76 Å². The largest absolute Gasteiger partial charge is 0.462 e. The summed E-state index contributed by atoms with van der Waals surface area (Å²) in [5, 5.41) is 3.58. The van der Waals surface area contributed by atoms with Gasteiger partial charge in [-0.05, 0) is 47.1 Å². The highest BCUT2D eigenvalue weighted by atomic mass is 79.9. The first-order valence-corrected chi connectivity index (χ1v) is 11.8. The summed E-state index contributed by atoms with van der Waals surface area (Å²) in [5.41, 5.74) is 4.56. The average Bonchev–Trinajstić information content (AvgIpc) is 2.89. The number of hydrogen-bond acceptors (Lipinski definition) is 3. The molecule has 4 nitrogen and oxygen atoms in total. The van der Waals surface area contributed by atoms with Gasteiger partial charge >= 0.3 is 0 Å². The van der Waals surface area contributed by atoms with Crippen molar-refractivity contribution in [2.75, 3.05) is 5.01 Å². The number of benzene rings is 4. The van der Waals surface area contributed by atoms with Crippen molar-refractivity contribution in [2.24, 2.45) is 0 Å². The third-order valence-electron chi connectivity index (χ3n) is 5.66. The molecule has 0 saturated carbocycles. The predicted octanol–water partition coefficient (Wildman–Crippen LogP) is 7.37. The Hall–Kier alpha value is -3.83. The monoisotopic (exact) mass is 510 g/mol. The summed E-state index contributed by atoms with van der Waals surface area (Å²) in [5.74, 6) is 0.333. The zero-order chi connectivity index (χ0) is 23.5. The highest BCUT2D eigenvalue weighted by Crippen LogP contribution is 2.43. The molecule has 168 valence electrons.